The number of hydrogen-bond donors (Lipinski definition) is 2. The molecule has 1 unspecified atom stereocenters. The molecule has 1 rings (SSSR count). The molecule has 108 valence electrons. The van der Waals surface area contributed by atoms with Crippen LogP contribution in [0.25, 0.3) is 0 Å². The Hall–Kier alpha value is -0.580. The summed E-state index contributed by atoms with van der Waals surface area (Å²) >= 11 is 3.45. The number of halogens is 1. The maximum absolute atomic E-state index is 10.5. The molecule has 1 atom stereocenters. The van der Waals surface area contributed by atoms with Crippen LogP contribution in [0.2, 0.25) is 0 Å². The van der Waals surface area contributed by atoms with E-state index >= 15 is 0 Å². The van der Waals surface area contributed by atoms with Crippen LogP contribution in [-0.2, 0) is 6.42 Å². The fraction of sp³-hybridized carbons (Fsp3) is 0.600. The van der Waals surface area contributed by atoms with Gasteiger partial charge in [-0.15, -0.1) is 0 Å². The molecule has 0 fully saturated rings. The Balaban J connectivity index is 2.68. The average Bonchev–Trinajstić information content (AvgIpc) is 2.27. The molecule has 0 aliphatic rings. The van der Waals surface area contributed by atoms with Gasteiger partial charge in [-0.2, -0.15) is 0 Å². The zero-order chi connectivity index (χ0) is 14.5. The second kappa shape index (κ2) is 7.27. The predicted molar refractivity (Wildman–Crippen MR) is 82.7 cm³/mol. The molecular formula is C15H24BrNO2. The van der Waals surface area contributed by atoms with E-state index in [-0.39, 0.29) is 0 Å². The van der Waals surface area contributed by atoms with Gasteiger partial charge < -0.3 is 15.2 Å². The van der Waals surface area contributed by atoms with Gasteiger partial charge in [-0.1, -0.05) is 29.8 Å². The molecule has 0 saturated carbocycles. The first-order chi connectivity index (χ1) is 8.84. The summed E-state index contributed by atoms with van der Waals surface area (Å²) in [6.45, 7) is 7.63. The summed E-state index contributed by atoms with van der Waals surface area (Å²) in [6, 6.07) is 5.85. The molecule has 0 aliphatic carbocycles. The van der Waals surface area contributed by atoms with Gasteiger partial charge in [0, 0.05) is 17.4 Å². The van der Waals surface area contributed by atoms with Gasteiger partial charge in [0.25, 0.3) is 0 Å². The molecule has 0 aliphatic heterocycles. The topological polar surface area (TPSA) is 41.5 Å². The quantitative estimate of drug-likeness (QED) is 0.808. The Labute approximate surface area is 124 Å². The van der Waals surface area contributed by atoms with Crippen molar-refractivity contribution in [3.8, 4) is 5.75 Å². The second-order valence-corrected chi connectivity index (χ2v) is 6.57. The zero-order valence-electron chi connectivity index (χ0n) is 12.2. The van der Waals surface area contributed by atoms with Gasteiger partial charge in [0.1, 0.15) is 5.75 Å². The Morgan fingerprint density at radius 3 is 2.68 bits per heavy atom. The Morgan fingerprint density at radius 2 is 2.11 bits per heavy atom. The van der Waals surface area contributed by atoms with Crippen molar-refractivity contribution in [2.45, 2.75) is 32.8 Å². The number of hydrogen-bond acceptors (Lipinski definition) is 3. The van der Waals surface area contributed by atoms with Crippen molar-refractivity contribution in [1.82, 2.24) is 5.32 Å². The number of nitrogens with one attached hydrogen (secondary N) is 1. The normalized spacial score (nSPS) is 14.5. The zero-order valence-corrected chi connectivity index (χ0v) is 13.8. The van der Waals surface area contributed by atoms with E-state index in [1.807, 2.05) is 25.1 Å². The summed E-state index contributed by atoms with van der Waals surface area (Å²) in [7, 11) is 1.65. The summed E-state index contributed by atoms with van der Waals surface area (Å²) in [5, 5.41) is 13.8. The number of aliphatic hydroxyl groups is 1. The van der Waals surface area contributed by atoms with E-state index in [4.69, 9.17) is 4.74 Å². The van der Waals surface area contributed by atoms with Crippen molar-refractivity contribution in [1.29, 1.82) is 0 Å². The van der Waals surface area contributed by atoms with Crippen LogP contribution in [0.3, 0.4) is 0 Å². The maximum Gasteiger partial charge on any atom is 0.122 e. The monoisotopic (exact) mass is 329 g/mol. The number of rotatable bonds is 7. The van der Waals surface area contributed by atoms with E-state index in [9.17, 15) is 5.11 Å². The van der Waals surface area contributed by atoms with Gasteiger partial charge in [-0.05, 0) is 43.1 Å². The van der Waals surface area contributed by atoms with Crippen LogP contribution in [0.1, 0.15) is 26.3 Å². The average molecular weight is 330 g/mol. The lowest BCUT2D eigenvalue weighted by atomic mass is 9.95. The summed E-state index contributed by atoms with van der Waals surface area (Å²) in [6.07, 6.45) is 0.556. The number of methoxy groups -OCH3 is 1. The molecule has 0 spiro atoms. The maximum atomic E-state index is 10.5. The van der Waals surface area contributed by atoms with Gasteiger partial charge in [0.05, 0.1) is 12.7 Å². The molecule has 1 aromatic carbocycles. The lowest BCUT2D eigenvalue weighted by molar-refractivity contribution is 0.0589. The minimum Gasteiger partial charge on any atom is -0.496 e. The van der Waals surface area contributed by atoms with Crippen molar-refractivity contribution >= 4 is 15.9 Å². The molecule has 0 radical (unpaired) electrons. The molecule has 4 heteroatoms. The first-order valence-electron chi connectivity index (χ1n) is 6.59. The van der Waals surface area contributed by atoms with Gasteiger partial charge in [-0.25, -0.2) is 0 Å². The highest BCUT2D eigenvalue weighted by molar-refractivity contribution is 9.10. The van der Waals surface area contributed by atoms with Crippen molar-refractivity contribution in [2.24, 2.45) is 5.92 Å². The summed E-state index contributed by atoms with van der Waals surface area (Å²) in [4.78, 5) is 0. The first kappa shape index (κ1) is 16.5. The smallest absolute Gasteiger partial charge is 0.122 e. The predicted octanol–water partition coefficient (Wildman–Crippen LogP) is 3.00. The van der Waals surface area contributed by atoms with Crippen LogP contribution < -0.4 is 10.1 Å². The molecule has 0 heterocycles. The van der Waals surface area contributed by atoms with E-state index in [1.54, 1.807) is 7.11 Å². The van der Waals surface area contributed by atoms with Crippen LogP contribution in [-0.4, -0.2) is 30.9 Å². The van der Waals surface area contributed by atoms with Crippen molar-refractivity contribution in [3.63, 3.8) is 0 Å². The molecule has 1 aromatic rings. The van der Waals surface area contributed by atoms with Crippen LogP contribution in [0.4, 0.5) is 0 Å². The van der Waals surface area contributed by atoms with Crippen LogP contribution in [0, 0.1) is 5.92 Å². The highest BCUT2D eigenvalue weighted by Gasteiger charge is 2.22. The SMILES string of the molecule is COc1ccc(Br)cc1CC(C)(O)CNCC(C)C. The molecule has 0 amide bonds. The second-order valence-electron chi connectivity index (χ2n) is 5.65. The van der Waals surface area contributed by atoms with Crippen LogP contribution >= 0.6 is 15.9 Å². The van der Waals surface area contributed by atoms with E-state index in [0.717, 1.165) is 22.3 Å². The minimum absolute atomic E-state index is 0.556. The molecule has 2 N–H and O–H groups in total. The molecule has 0 bridgehead atoms. The van der Waals surface area contributed by atoms with Gasteiger partial charge in [-0.3, -0.25) is 0 Å². The van der Waals surface area contributed by atoms with E-state index in [2.05, 4.69) is 35.1 Å². The lowest BCUT2D eigenvalue weighted by Crippen LogP contribution is -2.41. The third-order valence-electron chi connectivity index (χ3n) is 2.87. The van der Waals surface area contributed by atoms with E-state index in [0.29, 0.717) is 18.9 Å². The first-order valence-corrected chi connectivity index (χ1v) is 7.39. The molecule has 0 saturated heterocycles. The van der Waals surface area contributed by atoms with Crippen LogP contribution in [0.15, 0.2) is 22.7 Å². The standard InChI is InChI=1S/C15H24BrNO2/c1-11(2)9-17-10-15(3,18)8-12-7-13(16)5-6-14(12)19-4/h5-7,11,17-18H,8-10H2,1-4H3. The Bertz CT molecular complexity index is 405. The number of benzene rings is 1. The van der Waals surface area contributed by atoms with E-state index < -0.39 is 5.60 Å². The van der Waals surface area contributed by atoms with Crippen molar-refractivity contribution in [3.05, 3.63) is 28.2 Å². The molecule has 19 heavy (non-hydrogen) atoms. The fourth-order valence-electron chi connectivity index (χ4n) is 1.99. The van der Waals surface area contributed by atoms with Crippen LogP contribution in [0.5, 0.6) is 5.75 Å². The summed E-state index contributed by atoms with van der Waals surface area (Å²) in [5.74, 6) is 1.39. The Kier molecular flexibility index (Phi) is 6.30. The van der Waals surface area contributed by atoms with E-state index in [1.165, 1.54) is 0 Å². The van der Waals surface area contributed by atoms with Crippen molar-refractivity contribution < 1.29 is 9.84 Å². The molecule has 0 aromatic heterocycles. The highest BCUT2D eigenvalue weighted by atomic mass is 79.9. The lowest BCUT2D eigenvalue weighted by Gasteiger charge is -2.25. The van der Waals surface area contributed by atoms with Gasteiger partial charge in [0.15, 0.2) is 0 Å². The summed E-state index contributed by atoms with van der Waals surface area (Å²) in [5.41, 5.74) is 0.219. The fourth-order valence-corrected chi connectivity index (χ4v) is 2.40. The minimum atomic E-state index is -0.789. The highest BCUT2D eigenvalue weighted by Crippen LogP contribution is 2.26. The molecular weight excluding hydrogens is 306 g/mol. The third-order valence-corrected chi connectivity index (χ3v) is 3.37. The molecule has 3 nitrogen and oxygen atoms in total. The third kappa shape index (κ3) is 5.93. The largest absolute Gasteiger partial charge is 0.496 e. The summed E-state index contributed by atoms with van der Waals surface area (Å²) < 4.78 is 6.33. The number of ether oxygens (including phenoxy) is 1. The van der Waals surface area contributed by atoms with Gasteiger partial charge >= 0.3 is 0 Å². The van der Waals surface area contributed by atoms with Gasteiger partial charge in [0.2, 0.25) is 0 Å². The Morgan fingerprint density at radius 1 is 1.42 bits per heavy atom. The van der Waals surface area contributed by atoms with Crippen molar-refractivity contribution in [2.75, 3.05) is 20.2 Å².